The highest BCUT2D eigenvalue weighted by atomic mass is 16.4. The lowest BCUT2D eigenvalue weighted by molar-refractivity contribution is 0.0697. The number of likely N-dealkylation sites (tertiary alicyclic amines) is 1. The molecule has 2 aromatic rings. The zero-order valence-electron chi connectivity index (χ0n) is 12.6. The van der Waals surface area contributed by atoms with Gasteiger partial charge in [0.25, 0.3) is 0 Å². The molecule has 0 spiro atoms. The number of carbonyl (C=O) groups is 1. The van der Waals surface area contributed by atoms with Crippen molar-refractivity contribution in [2.75, 3.05) is 13.1 Å². The average Bonchev–Trinajstić information content (AvgIpc) is 2.83. The maximum atomic E-state index is 11.3. The molecule has 1 aromatic heterocycles. The molecule has 0 bridgehead atoms. The number of imidazole rings is 1. The van der Waals surface area contributed by atoms with E-state index in [0.717, 1.165) is 25.3 Å². The van der Waals surface area contributed by atoms with E-state index in [1.165, 1.54) is 25.7 Å². The van der Waals surface area contributed by atoms with Crippen LogP contribution in [0.1, 0.15) is 41.7 Å². The van der Waals surface area contributed by atoms with Gasteiger partial charge in [-0.1, -0.05) is 25.0 Å². The first-order valence-corrected chi connectivity index (χ1v) is 7.82. The first-order valence-electron chi connectivity index (χ1n) is 7.82. The Morgan fingerprint density at radius 3 is 2.59 bits per heavy atom. The molecule has 1 saturated heterocycles. The zero-order chi connectivity index (χ0) is 15.4. The van der Waals surface area contributed by atoms with Crippen LogP contribution in [0.2, 0.25) is 0 Å². The van der Waals surface area contributed by atoms with E-state index in [1.54, 1.807) is 29.1 Å². The highest BCUT2D eigenvalue weighted by Gasteiger charge is 2.13. The summed E-state index contributed by atoms with van der Waals surface area (Å²) in [6.45, 7) is 3.08. The summed E-state index contributed by atoms with van der Waals surface area (Å²) in [7, 11) is 0. The summed E-state index contributed by atoms with van der Waals surface area (Å²) in [5.41, 5.74) is 1.94. The van der Waals surface area contributed by atoms with E-state index < -0.39 is 5.97 Å². The quantitative estimate of drug-likeness (QED) is 0.943. The van der Waals surface area contributed by atoms with Crippen molar-refractivity contribution < 1.29 is 9.90 Å². The van der Waals surface area contributed by atoms with Gasteiger partial charge in [0.05, 0.1) is 23.3 Å². The molecule has 0 aliphatic carbocycles. The van der Waals surface area contributed by atoms with E-state index in [4.69, 9.17) is 0 Å². The summed E-state index contributed by atoms with van der Waals surface area (Å²) in [6, 6.07) is 7.01. The minimum Gasteiger partial charge on any atom is -0.478 e. The molecule has 1 N–H and O–H groups in total. The van der Waals surface area contributed by atoms with Gasteiger partial charge in [-0.2, -0.15) is 0 Å². The van der Waals surface area contributed by atoms with Crippen LogP contribution < -0.4 is 0 Å². The molecule has 116 valence electrons. The molecule has 1 fully saturated rings. The summed E-state index contributed by atoms with van der Waals surface area (Å²) in [5.74, 6) is -0.918. The van der Waals surface area contributed by atoms with Crippen molar-refractivity contribution in [3.8, 4) is 5.69 Å². The normalized spacial score (nSPS) is 16.4. The molecule has 1 aromatic carbocycles. The predicted octanol–water partition coefficient (Wildman–Crippen LogP) is 2.95. The van der Waals surface area contributed by atoms with Gasteiger partial charge in [-0.25, -0.2) is 9.78 Å². The van der Waals surface area contributed by atoms with Crippen molar-refractivity contribution in [3.63, 3.8) is 0 Å². The van der Waals surface area contributed by atoms with Gasteiger partial charge < -0.3 is 9.67 Å². The van der Waals surface area contributed by atoms with E-state index in [1.807, 2.05) is 12.3 Å². The minimum absolute atomic E-state index is 0.293. The van der Waals surface area contributed by atoms with Gasteiger partial charge >= 0.3 is 5.97 Å². The van der Waals surface area contributed by atoms with Gasteiger partial charge in [0.15, 0.2) is 0 Å². The topological polar surface area (TPSA) is 58.4 Å². The van der Waals surface area contributed by atoms with Crippen molar-refractivity contribution in [2.24, 2.45) is 0 Å². The van der Waals surface area contributed by atoms with Crippen molar-refractivity contribution in [3.05, 3.63) is 48.0 Å². The van der Waals surface area contributed by atoms with Crippen LogP contribution in [0.5, 0.6) is 0 Å². The molecule has 0 radical (unpaired) electrons. The van der Waals surface area contributed by atoms with Crippen LogP contribution >= 0.6 is 0 Å². The number of benzene rings is 1. The number of aromatic carboxylic acids is 1. The number of aromatic nitrogens is 2. The lowest BCUT2D eigenvalue weighted by Crippen LogP contribution is -2.24. The Balaban J connectivity index is 1.77. The van der Waals surface area contributed by atoms with Crippen molar-refractivity contribution in [1.82, 2.24) is 14.5 Å². The minimum atomic E-state index is -0.918. The van der Waals surface area contributed by atoms with E-state index in [9.17, 15) is 9.90 Å². The number of hydrogen-bond acceptors (Lipinski definition) is 3. The highest BCUT2D eigenvalue weighted by molar-refractivity contribution is 5.91. The fourth-order valence-corrected chi connectivity index (χ4v) is 2.98. The van der Waals surface area contributed by atoms with Gasteiger partial charge in [0, 0.05) is 12.7 Å². The van der Waals surface area contributed by atoms with Crippen molar-refractivity contribution >= 4 is 5.97 Å². The van der Waals surface area contributed by atoms with Crippen LogP contribution in [0, 0.1) is 0 Å². The molecule has 5 nitrogen and oxygen atoms in total. The first-order chi connectivity index (χ1) is 10.7. The maximum absolute atomic E-state index is 11.3. The molecule has 0 unspecified atom stereocenters. The molecule has 0 atom stereocenters. The van der Waals surface area contributed by atoms with Gasteiger partial charge in [-0.3, -0.25) is 4.90 Å². The first kappa shape index (κ1) is 14.8. The molecule has 1 aliphatic rings. The maximum Gasteiger partial charge on any atom is 0.337 e. The SMILES string of the molecule is O=C(O)c1ccccc1-n1cnc(CN2CCCCCC2)c1. The lowest BCUT2D eigenvalue weighted by atomic mass is 10.2. The Labute approximate surface area is 130 Å². The third-order valence-electron chi connectivity index (χ3n) is 4.13. The summed E-state index contributed by atoms with van der Waals surface area (Å²) < 4.78 is 1.80. The molecule has 2 heterocycles. The number of carboxylic acids is 1. The average molecular weight is 299 g/mol. The highest BCUT2D eigenvalue weighted by Crippen LogP contribution is 2.17. The standard InChI is InChI=1S/C17H21N3O2/c21-17(22)15-7-3-4-8-16(15)20-12-14(18-13-20)11-19-9-5-1-2-6-10-19/h3-4,7-8,12-13H,1-2,5-6,9-11H2,(H,21,22). The molecule has 22 heavy (non-hydrogen) atoms. The molecular weight excluding hydrogens is 278 g/mol. The summed E-state index contributed by atoms with van der Waals surface area (Å²) in [5, 5.41) is 9.28. The fraction of sp³-hybridized carbons (Fsp3) is 0.412. The van der Waals surface area contributed by atoms with Crippen LogP contribution in [0.25, 0.3) is 5.69 Å². The monoisotopic (exact) mass is 299 g/mol. The van der Waals surface area contributed by atoms with E-state index in [0.29, 0.717) is 11.3 Å². The van der Waals surface area contributed by atoms with Crippen molar-refractivity contribution in [2.45, 2.75) is 32.2 Å². The molecule has 1 aliphatic heterocycles. The molecule has 5 heteroatoms. The van der Waals surface area contributed by atoms with Crippen LogP contribution in [0.3, 0.4) is 0 Å². The number of nitrogens with zero attached hydrogens (tertiary/aromatic N) is 3. The van der Waals surface area contributed by atoms with E-state index >= 15 is 0 Å². The zero-order valence-corrected chi connectivity index (χ0v) is 12.6. The number of para-hydroxylation sites is 1. The summed E-state index contributed by atoms with van der Waals surface area (Å²) >= 11 is 0. The largest absolute Gasteiger partial charge is 0.478 e. The predicted molar refractivity (Wildman–Crippen MR) is 84.3 cm³/mol. The Hall–Kier alpha value is -2.14. The molecule has 3 rings (SSSR count). The Kier molecular flexibility index (Phi) is 4.53. The van der Waals surface area contributed by atoms with Gasteiger partial charge in [0.2, 0.25) is 0 Å². The van der Waals surface area contributed by atoms with Crippen molar-refractivity contribution in [1.29, 1.82) is 0 Å². The molecular formula is C17H21N3O2. The Morgan fingerprint density at radius 2 is 1.86 bits per heavy atom. The van der Waals surface area contributed by atoms with E-state index in [2.05, 4.69) is 9.88 Å². The second-order valence-electron chi connectivity index (χ2n) is 5.78. The smallest absolute Gasteiger partial charge is 0.337 e. The third-order valence-corrected chi connectivity index (χ3v) is 4.13. The second kappa shape index (κ2) is 6.75. The summed E-state index contributed by atoms with van der Waals surface area (Å²) in [4.78, 5) is 18.2. The second-order valence-corrected chi connectivity index (χ2v) is 5.78. The van der Waals surface area contributed by atoms with Crippen LogP contribution in [-0.4, -0.2) is 38.6 Å². The summed E-state index contributed by atoms with van der Waals surface area (Å²) in [6.07, 6.45) is 8.78. The molecule has 0 saturated carbocycles. The van der Waals surface area contributed by atoms with E-state index in [-0.39, 0.29) is 0 Å². The van der Waals surface area contributed by atoms with Crippen LogP contribution in [-0.2, 0) is 6.54 Å². The third kappa shape index (κ3) is 3.36. The lowest BCUT2D eigenvalue weighted by Gasteiger charge is -2.17. The van der Waals surface area contributed by atoms with Crippen LogP contribution in [0.15, 0.2) is 36.8 Å². The van der Waals surface area contributed by atoms with Crippen LogP contribution in [0.4, 0.5) is 0 Å². The Morgan fingerprint density at radius 1 is 1.14 bits per heavy atom. The number of hydrogen-bond donors (Lipinski definition) is 1. The number of rotatable bonds is 4. The van der Waals surface area contributed by atoms with Gasteiger partial charge in [0.1, 0.15) is 0 Å². The fourth-order valence-electron chi connectivity index (χ4n) is 2.98. The van der Waals surface area contributed by atoms with Gasteiger partial charge in [-0.15, -0.1) is 0 Å². The van der Waals surface area contributed by atoms with Gasteiger partial charge in [-0.05, 0) is 38.1 Å². The molecule has 0 amide bonds. The Bertz CT molecular complexity index is 643. The number of carboxylic acid groups (broad SMARTS) is 1.